The van der Waals surface area contributed by atoms with E-state index >= 15 is 0 Å². The fraction of sp³-hybridized carbons (Fsp3) is 0.360. The Balaban J connectivity index is 1.61. The van der Waals surface area contributed by atoms with Gasteiger partial charge in [0.15, 0.2) is 0 Å². The second kappa shape index (κ2) is 10.1. The third kappa shape index (κ3) is 5.94. The molecule has 1 heterocycles. The smallest absolute Gasteiger partial charge is 0.421 e. The van der Waals surface area contributed by atoms with E-state index in [1.807, 2.05) is 24.3 Å². The molecule has 0 saturated heterocycles. The Morgan fingerprint density at radius 2 is 1.70 bits per heavy atom. The van der Waals surface area contributed by atoms with Crippen molar-refractivity contribution in [3.05, 3.63) is 65.9 Å². The highest BCUT2D eigenvalue weighted by Crippen LogP contribution is 2.37. The van der Waals surface area contributed by atoms with Crippen molar-refractivity contribution < 1.29 is 17.9 Å². The van der Waals surface area contributed by atoms with Crippen LogP contribution in [0.25, 0.3) is 0 Å². The standard InChI is InChI=1S/C25H27F3N4O/c1-2-17-12-14-18(15-13-17)30-24-29-16-20(25(26,27)28)23(32-24)31-21-10-6-7-11-22(21)33-19-8-4-3-5-9-19/h6-7,10-16,19H,2-5,8-9H2,1H3,(H2,29,30,31,32). The SMILES string of the molecule is CCc1ccc(Nc2ncc(C(F)(F)F)c(Nc3ccccc3OC3CCCCC3)n2)cc1. The zero-order chi connectivity index (χ0) is 23.3. The van der Waals surface area contributed by atoms with Crippen LogP contribution in [-0.4, -0.2) is 16.1 Å². The number of anilines is 4. The third-order valence-corrected chi connectivity index (χ3v) is 5.70. The molecule has 1 saturated carbocycles. The largest absolute Gasteiger partial charge is 0.488 e. The number of hydrogen-bond acceptors (Lipinski definition) is 5. The van der Waals surface area contributed by atoms with Crippen LogP contribution in [-0.2, 0) is 12.6 Å². The molecule has 4 rings (SSSR count). The summed E-state index contributed by atoms with van der Waals surface area (Å²) in [7, 11) is 0. The van der Waals surface area contributed by atoms with E-state index < -0.39 is 11.7 Å². The molecule has 1 aromatic heterocycles. The van der Waals surface area contributed by atoms with Crippen molar-refractivity contribution in [2.24, 2.45) is 0 Å². The van der Waals surface area contributed by atoms with Crippen molar-refractivity contribution in [2.75, 3.05) is 10.6 Å². The second-order valence-electron chi connectivity index (χ2n) is 8.13. The first-order valence-electron chi connectivity index (χ1n) is 11.3. The Labute approximate surface area is 191 Å². The number of nitrogens with one attached hydrogen (secondary N) is 2. The predicted molar refractivity (Wildman–Crippen MR) is 123 cm³/mol. The summed E-state index contributed by atoms with van der Waals surface area (Å²) >= 11 is 0. The summed E-state index contributed by atoms with van der Waals surface area (Å²) in [5.41, 5.74) is 1.34. The van der Waals surface area contributed by atoms with Gasteiger partial charge in [0.1, 0.15) is 17.1 Å². The molecule has 1 fully saturated rings. The van der Waals surface area contributed by atoms with E-state index in [9.17, 15) is 13.2 Å². The number of alkyl halides is 3. The third-order valence-electron chi connectivity index (χ3n) is 5.70. The molecule has 1 aliphatic carbocycles. The highest BCUT2D eigenvalue weighted by atomic mass is 19.4. The fourth-order valence-electron chi connectivity index (χ4n) is 3.86. The minimum Gasteiger partial charge on any atom is -0.488 e. The number of nitrogens with zero attached hydrogens (tertiary/aromatic N) is 2. The summed E-state index contributed by atoms with van der Waals surface area (Å²) in [6, 6.07) is 14.6. The molecular weight excluding hydrogens is 429 g/mol. The molecule has 5 nitrogen and oxygen atoms in total. The number of para-hydroxylation sites is 2. The molecule has 0 aliphatic heterocycles. The van der Waals surface area contributed by atoms with E-state index in [0.29, 0.717) is 17.1 Å². The number of aromatic nitrogens is 2. The monoisotopic (exact) mass is 456 g/mol. The van der Waals surface area contributed by atoms with E-state index in [2.05, 4.69) is 27.5 Å². The quantitative estimate of drug-likeness (QED) is 0.392. The predicted octanol–water partition coefficient (Wildman–Crippen LogP) is 7.26. The zero-order valence-electron chi connectivity index (χ0n) is 18.5. The second-order valence-corrected chi connectivity index (χ2v) is 8.13. The highest BCUT2D eigenvalue weighted by molar-refractivity contribution is 5.67. The summed E-state index contributed by atoms with van der Waals surface area (Å²) in [6.45, 7) is 2.05. The molecule has 174 valence electrons. The van der Waals surface area contributed by atoms with E-state index in [-0.39, 0.29) is 17.9 Å². The minimum absolute atomic E-state index is 0.0671. The van der Waals surface area contributed by atoms with E-state index in [4.69, 9.17) is 4.74 Å². The molecule has 1 aliphatic rings. The van der Waals surface area contributed by atoms with Crippen LogP contribution < -0.4 is 15.4 Å². The normalized spacial score (nSPS) is 14.7. The van der Waals surface area contributed by atoms with Crippen LogP contribution in [0.5, 0.6) is 5.75 Å². The summed E-state index contributed by atoms with van der Waals surface area (Å²) in [6.07, 6.45) is 2.42. The van der Waals surface area contributed by atoms with E-state index in [1.165, 1.54) is 6.42 Å². The van der Waals surface area contributed by atoms with Crippen molar-refractivity contribution in [1.82, 2.24) is 9.97 Å². The molecular formula is C25H27F3N4O. The lowest BCUT2D eigenvalue weighted by molar-refractivity contribution is -0.137. The molecule has 3 aromatic rings. The number of halogens is 3. The number of ether oxygens (including phenoxy) is 1. The highest BCUT2D eigenvalue weighted by Gasteiger charge is 2.35. The van der Waals surface area contributed by atoms with Crippen molar-refractivity contribution in [3.8, 4) is 5.75 Å². The summed E-state index contributed by atoms with van der Waals surface area (Å²) in [5.74, 6) is 0.256. The lowest BCUT2D eigenvalue weighted by atomic mass is 9.98. The van der Waals surface area contributed by atoms with Crippen LogP contribution in [0.1, 0.15) is 50.2 Å². The average molecular weight is 457 g/mol. The Hall–Kier alpha value is -3.29. The van der Waals surface area contributed by atoms with Crippen LogP contribution in [0.3, 0.4) is 0 Å². The van der Waals surface area contributed by atoms with Crippen LogP contribution >= 0.6 is 0 Å². The maximum atomic E-state index is 13.7. The van der Waals surface area contributed by atoms with Gasteiger partial charge in [0, 0.05) is 11.9 Å². The summed E-state index contributed by atoms with van der Waals surface area (Å²) in [4.78, 5) is 8.04. The van der Waals surface area contributed by atoms with Crippen LogP contribution in [0.4, 0.5) is 36.3 Å². The van der Waals surface area contributed by atoms with Gasteiger partial charge in [-0.05, 0) is 61.9 Å². The van der Waals surface area contributed by atoms with Crippen LogP contribution in [0.15, 0.2) is 54.7 Å². The Kier molecular flexibility index (Phi) is 7.01. The molecule has 2 N–H and O–H groups in total. The van der Waals surface area contributed by atoms with Crippen molar-refractivity contribution in [2.45, 2.75) is 57.7 Å². The van der Waals surface area contributed by atoms with Crippen molar-refractivity contribution >= 4 is 23.1 Å². The fourth-order valence-corrected chi connectivity index (χ4v) is 3.86. The van der Waals surface area contributed by atoms with Gasteiger partial charge in [0.25, 0.3) is 0 Å². The van der Waals surface area contributed by atoms with Gasteiger partial charge in [-0.1, -0.05) is 37.6 Å². The van der Waals surface area contributed by atoms with Crippen molar-refractivity contribution in [1.29, 1.82) is 0 Å². The van der Waals surface area contributed by atoms with Gasteiger partial charge in [0.05, 0.1) is 11.8 Å². The lowest BCUT2D eigenvalue weighted by Crippen LogP contribution is -2.20. The van der Waals surface area contributed by atoms with Gasteiger partial charge in [0.2, 0.25) is 5.95 Å². The first kappa shape index (κ1) is 22.9. The number of aryl methyl sites for hydroxylation is 1. The topological polar surface area (TPSA) is 59.1 Å². The summed E-state index contributed by atoms with van der Waals surface area (Å²) in [5, 5.41) is 5.83. The van der Waals surface area contributed by atoms with E-state index in [0.717, 1.165) is 43.9 Å². The molecule has 33 heavy (non-hydrogen) atoms. The molecule has 0 spiro atoms. The van der Waals surface area contributed by atoms with E-state index in [1.54, 1.807) is 24.3 Å². The van der Waals surface area contributed by atoms with Crippen LogP contribution in [0, 0.1) is 0 Å². The Morgan fingerprint density at radius 3 is 2.39 bits per heavy atom. The molecule has 8 heteroatoms. The number of benzene rings is 2. The first-order chi connectivity index (χ1) is 15.9. The lowest BCUT2D eigenvalue weighted by Gasteiger charge is -2.24. The maximum Gasteiger partial charge on any atom is 0.421 e. The Morgan fingerprint density at radius 1 is 0.970 bits per heavy atom. The minimum atomic E-state index is -4.61. The zero-order valence-corrected chi connectivity index (χ0v) is 18.5. The van der Waals surface area contributed by atoms with Gasteiger partial charge in [-0.3, -0.25) is 0 Å². The number of hydrogen-bond donors (Lipinski definition) is 2. The summed E-state index contributed by atoms with van der Waals surface area (Å²) < 4.78 is 47.2. The molecule has 0 amide bonds. The molecule has 2 aromatic carbocycles. The average Bonchev–Trinajstić information content (AvgIpc) is 2.81. The van der Waals surface area contributed by atoms with Crippen LogP contribution in [0.2, 0.25) is 0 Å². The molecule has 0 bridgehead atoms. The molecule has 0 unspecified atom stereocenters. The first-order valence-corrected chi connectivity index (χ1v) is 11.3. The van der Waals surface area contributed by atoms with Gasteiger partial charge in [-0.15, -0.1) is 0 Å². The van der Waals surface area contributed by atoms with Crippen molar-refractivity contribution in [3.63, 3.8) is 0 Å². The van der Waals surface area contributed by atoms with Gasteiger partial charge in [-0.2, -0.15) is 18.2 Å². The van der Waals surface area contributed by atoms with Gasteiger partial charge < -0.3 is 15.4 Å². The maximum absolute atomic E-state index is 13.7. The molecule has 0 atom stereocenters. The molecule has 0 radical (unpaired) electrons. The Bertz CT molecular complexity index is 1060. The van der Waals surface area contributed by atoms with Gasteiger partial charge >= 0.3 is 6.18 Å². The number of rotatable bonds is 7. The van der Waals surface area contributed by atoms with Gasteiger partial charge in [-0.25, -0.2) is 4.98 Å².